The molecule has 0 radical (unpaired) electrons. The molecular formula is C19H29ClIN3O. The maximum atomic E-state index is 6.38. The van der Waals surface area contributed by atoms with Crippen molar-refractivity contribution in [3.63, 3.8) is 0 Å². The topological polar surface area (TPSA) is 36.9 Å². The Hall–Kier alpha value is -0.530. The van der Waals surface area contributed by atoms with Crippen LogP contribution in [0.25, 0.3) is 0 Å². The van der Waals surface area contributed by atoms with Crippen LogP contribution in [-0.4, -0.2) is 50.8 Å². The Labute approximate surface area is 173 Å². The number of nitrogens with one attached hydrogen (secondary N) is 1. The molecule has 140 valence electrons. The molecule has 6 heteroatoms. The van der Waals surface area contributed by atoms with E-state index in [0.717, 1.165) is 49.4 Å². The van der Waals surface area contributed by atoms with E-state index in [1.54, 1.807) is 0 Å². The van der Waals surface area contributed by atoms with Gasteiger partial charge in [-0.05, 0) is 24.5 Å². The first kappa shape index (κ1) is 20.8. The van der Waals surface area contributed by atoms with Crippen molar-refractivity contribution in [1.82, 2.24) is 10.2 Å². The molecule has 2 fully saturated rings. The summed E-state index contributed by atoms with van der Waals surface area (Å²) in [6.07, 6.45) is 2.37. The smallest absolute Gasteiger partial charge is 0.193 e. The first-order valence-electron chi connectivity index (χ1n) is 8.74. The van der Waals surface area contributed by atoms with Crippen LogP contribution in [0.2, 0.25) is 5.02 Å². The number of nitrogens with zero attached hydrogens (tertiary/aromatic N) is 2. The summed E-state index contributed by atoms with van der Waals surface area (Å²) in [6.45, 7) is 9.11. The van der Waals surface area contributed by atoms with Crippen LogP contribution in [0.3, 0.4) is 0 Å². The zero-order valence-corrected chi connectivity index (χ0v) is 18.4. The molecule has 4 nitrogen and oxygen atoms in total. The van der Waals surface area contributed by atoms with Crippen molar-refractivity contribution in [3.8, 4) is 0 Å². The molecule has 2 heterocycles. The Kier molecular flexibility index (Phi) is 7.01. The van der Waals surface area contributed by atoms with E-state index in [-0.39, 0.29) is 29.4 Å². The van der Waals surface area contributed by atoms with Gasteiger partial charge in [0.25, 0.3) is 0 Å². The highest BCUT2D eigenvalue weighted by molar-refractivity contribution is 14.0. The van der Waals surface area contributed by atoms with Crippen molar-refractivity contribution in [2.75, 3.05) is 39.9 Å². The number of hydrogen-bond acceptors (Lipinski definition) is 2. The third-order valence-corrected chi connectivity index (χ3v) is 5.76. The van der Waals surface area contributed by atoms with E-state index in [4.69, 9.17) is 16.3 Å². The number of rotatable bonds is 3. The van der Waals surface area contributed by atoms with Gasteiger partial charge in [-0.15, -0.1) is 24.0 Å². The fourth-order valence-electron chi connectivity index (χ4n) is 3.82. The molecule has 25 heavy (non-hydrogen) atoms. The first-order valence-corrected chi connectivity index (χ1v) is 9.12. The Balaban J connectivity index is 0.00000225. The number of benzene rings is 1. The molecule has 0 aliphatic carbocycles. The summed E-state index contributed by atoms with van der Waals surface area (Å²) in [5, 5.41) is 4.38. The van der Waals surface area contributed by atoms with E-state index in [0.29, 0.717) is 5.41 Å². The Bertz CT molecular complexity index is 614. The largest absolute Gasteiger partial charge is 0.381 e. The van der Waals surface area contributed by atoms with E-state index >= 15 is 0 Å². The maximum absolute atomic E-state index is 6.38. The third kappa shape index (κ3) is 4.61. The van der Waals surface area contributed by atoms with E-state index in [1.807, 2.05) is 25.2 Å². The second kappa shape index (κ2) is 8.44. The molecule has 1 spiro atoms. The van der Waals surface area contributed by atoms with Crippen molar-refractivity contribution in [3.05, 3.63) is 34.9 Å². The molecule has 0 bridgehead atoms. The van der Waals surface area contributed by atoms with Crippen LogP contribution in [0.5, 0.6) is 0 Å². The minimum absolute atomic E-state index is 0. The zero-order chi connectivity index (χ0) is 17.2. The van der Waals surface area contributed by atoms with Crippen LogP contribution in [0.1, 0.15) is 32.3 Å². The van der Waals surface area contributed by atoms with Crippen LogP contribution in [-0.2, 0) is 10.2 Å². The number of aliphatic imine (C=N–C) groups is 1. The lowest BCUT2D eigenvalue weighted by atomic mass is 9.84. The van der Waals surface area contributed by atoms with Crippen molar-refractivity contribution in [1.29, 1.82) is 0 Å². The van der Waals surface area contributed by atoms with Gasteiger partial charge in [0.2, 0.25) is 0 Å². The number of ether oxygens (including phenoxy) is 1. The Morgan fingerprint density at radius 2 is 2.12 bits per heavy atom. The van der Waals surface area contributed by atoms with E-state index in [9.17, 15) is 0 Å². The van der Waals surface area contributed by atoms with Crippen LogP contribution >= 0.6 is 35.6 Å². The molecule has 2 saturated heterocycles. The first-order chi connectivity index (χ1) is 11.5. The lowest BCUT2D eigenvalue weighted by Gasteiger charge is -2.30. The average molecular weight is 478 g/mol. The molecule has 1 aromatic rings. The summed E-state index contributed by atoms with van der Waals surface area (Å²) in [7, 11) is 1.86. The van der Waals surface area contributed by atoms with Gasteiger partial charge in [0.05, 0.1) is 6.61 Å². The van der Waals surface area contributed by atoms with Crippen molar-refractivity contribution < 1.29 is 4.74 Å². The molecule has 3 rings (SSSR count). The average Bonchev–Trinajstić information content (AvgIpc) is 3.19. The standard InChI is InChI=1S/C19H28ClN3O.HI/c1-18(2,15-6-4-5-7-16(15)20)12-22-17(21-3)23-10-8-19(13-23)9-11-24-14-19;/h4-7H,8-14H2,1-3H3,(H,21,22);1H. The molecule has 0 amide bonds. The normalized spacial score (nSPS) is 23.8. The van der Waals surface area contributed by atoms with Gasteiger partial charge in [-0.3, -0.25) is 4.99 Å². The predicted molar refractivity (Wildman–Crippen MR) is 115 cm³/mol. The highest BCUT2D eigenvalue weighted by Gasteiger charge is 2.42. The van der Waals surface area contributed by atoms with Crippen LogP contribution in [0.4, 0.5) is 0 Å². The lowest BCUT2D eigenvalue weighted by Crippen LogP contribution is -2.45. The van der Waals surface area contributed by atoms with Gasteiger partial charge in [-0.1, -0.05) is 43.6 Å². The summed E-state index contributed by atoms with van der Waals surface area (Å²) in [4.78, 5) is 6.87. The number of halogens is 2. The molecule has 2 aliphatic heterocycles. The number of hydrogen-bond donors (Lipinski definition) is 1. The molecule has 2 aliphatic rings. The minimum Gasteiger partial charge on any atom is -0.381 e. The van der Waals surface area contributed by atoms with Gasteiger partial charge in [0.15, 0.2) is 5.96 Å². The highest BCUT2D eigenvalue weighted by Crippen LogP contribution is 2.38. The minimum atomic E-state index is -0.0673. The van der Waals surface area contributed by atoms with Crippen molar-refractivity contribution in [2.45, 2.75) is 32.1 Å². The summed E-state index contributed by atoms with van der Waals surface area (Å²) >= 11 is 6.38. The van der Waals surface area contributed by atoms with Crippen LogP contribution < -0.4 is 5.32 Å². The lowest BCUT2D eigenvalue weighted by molar-refractivity contribution is 0.156. The van der Waals surface area contributed by atoms with Crippen molar-refractivity contribution >= 4 is 41.5 Å². The SMILES string of the molecule is CN=C(NCC(C)(C)c1ccccc1Cl)N1CCC2(CCOC2)C1.I. The molecule has 1 N–H and O–H groups in total. The van der Waals surface area contributed by atoms with Gasteiger partial charge < -0.3 is 15.0 Å². The maximum Gasteiger partial charge on any atom is 0.193 e. The molecular weight excluding hydrogens is 449 g/mol. The summed E-state index contributed by atoms with van der Waals surface area (Å²) in [5.74, 6) is 0.985. The fourth-order valence-corrected chi connectivity index (χ4v) is 4.22. The zero-order valence-electron chi connectivity index (χ0n) is 15.3. The number of likely N-dealkylation sites (tertiary alicyclic amines) is 1. The molecule has 1 aromatic carbocycles. The monoisotopic (exact) mass is 477 g/mol. The van der Waals surface area contributed by atoms with E-state index in [1.165, 1.54) is 12.8 Å². The quantitative estimate of drug-likeness (QED) is 0.407. The van der Waals surface area contributed by atoms with E-state index < -0.39 is 0 Å². The van der Waals surface area contributed by atoms with Crippen LogP contribution in [0, 0.1) is 5.41 Å². The summed E-state index contributed by atoms with van der Waals surface area (Å²) in [5.41, 5.74) is 1.44. The highest BCUT2D eigenvalue weighted by atomic mass is 127. The second-order valence-electron chi connectivity index (χ2n) is 7.74. The van der Waals surface area contributed by atoms with Gasteiger partial charge in [-0.25, -0.2) is 0 Å². The van der Waals surface area contributed by atoms with Gasteiger partial charge in [-0.2, -0.15) is 0 Å². The predicted octanol–water partition coefficient (Wildman–Crippen LogP) is 3.92. The van der Waals surface area contributed by atoms with Crippen molar-refractivity contribution in [2.24, 2.45) is 10.4 Å². The van der Waals surface area contributed by atoms with Crippen LogP contribution in [0.15, 0.2) is 29.3 Å². The molecule has 0 saturated carbocycles. The Morgan fingerprint density at radius 3 is 2.76 bits per heavy atom. The summed E-state index contributed by atoms with van der Waals surface area (Å²) in [6, 6.07) is 8.08. The molecule has 0 aromatic heterocycles. The summed E-state index contributed by atoms with van der Waals surface area (Å²) < 4.78 is 5.63. The number of guanidine groups is 1. The third-order valence-electron chi connectivity index (χ3n) is 5.43. The van der Waals surface area contributed by atoms with Gasteiger partial charge >= 0.3 is 0 Å². The van der Waals surface area contributed by atoms with Gasteiger partial charge in [0.1, 0.15) is 0 Å². The van der Waals surface area contributed by atoms with E-state index in [2.05, 4.69) is 35.1 Å². The van der Waals surface area contributed by atoms with Gasteiger partial charge in [0, 0.05) is 49.1 Å². The molecule has 1 unspecified atom stereocenters. The Morgan fingerprint density at radius 1 is 1.36 bits per heavy atom. The second-order valence-corrected chi connectivity index (χ2v) is 8.15. The molecule has 1 atom stereocenters. The fraction of sp³-hybridized carbons (Fsp3) is 0.632.